The maximum absolute atomic E-state index is 12.0. The fourth-order valence-electron chi connectivity index (χ4n) is 1.69. The van der Waals surface area contributed by atoms with Crippen molar-refractivity contribution in [3.8, 4) is 0 Å². The standard InChI is InChI=1S/C11H17N7O.2ClH/c1-13-3-4-17(2)8(19)5-18-7-16-9-10(12)14-6-15-11(9)18;;/h6-7,13H,3-5H2,1-2H3,(H2,12,14,15);2*1H. The number of carbonyl (C=O) groups excluding carboxylic acids is 1. The molecule has 0 aliphatic heterocycles. The Balaban J connectivity index is 0.00000200. The molecule has 0 aliphatic rings. The van der Waals surface area contributed by atoms with Gasteiger partial charge in [-0.25, -0.2) is 15.0 Å². The van der Waals surface area contributed by atoms with Crippen molar-refractivity contribution < 1.29 is 4.79 Å². The molecular formula is C11H19Cl2N7O. The average molecular weight is 336 g/mol. The first-order valence-electron chi connectivity index (χ1n) is 5.93. The first-order valence-corrected chi connectivity index (χ1v) is 5.93. The highest BCUT2D eigenvalue weighted by atomic mass is 35.5. The number of nitrogens with zero attached hydrogens (tertiary/aromatic N) is 5. The van der Waals surface area contributed by atoms with Crippen LogP contribution in [0.4, 0.5) is 5.82 Å². The van der Waals surface area contributed by atoms with Gasteiger partial charge in [-0.1, -0.05) is 0 Å². The summed E-state index contributed by atoms with van der Waals surface area (Å²) < 4.78 is 1.67. The second-order valence-corrected chi connectivity index (χ2v) is 4.22. The zero-order chi connectivity index (χ0) is 13.8. The van der Waals surface area contributed by atoms with Crippen LogP contribution in [0.25, 0.3) is 11.2 Å². The van der Waals surface area contributed by atoms with E-state index in [4.69, 9.17) is 5.73 Å². The lowest BCUT2D eigenvalue weighted by Crippen LogP contribution is -2.35. The molecular weight excluding hydrogens is 317 g/mol. The van der Waals surface area contributed by atoms with E-state index in [1.54, 1.807) is 22.8 Å². The molecule has 0 bridgehead atoms. The highest BCUT2D eigenvalue weighted by molar-refractivity contribution is 5.85. The number of aromatic nitrogens is 4. The molecule has 2 rings (SSSR count). The summed E-state index contributed by atoms with van der Waals surface area (Å²) in [5.41, 5.74) is 6.79. The van der Waals surface area contributed by atoms with Gasteiger partial charge in [0.15, 0.2) is 11.5 Å². The monoisotopic (exact) mass is 335 g/mol. The summed E-state index contributed by atoms with van der Waals surface area (Å²) in [5, 5.41) is 3.00. The predicted molar refractivity (Wildman–Crippen MR) is 85.8 cm³/mol. The number of nitrogens with two attached hydrogens (primary N) is 1. The number of anilines is 1. The molecule has 0 saturated carbocycles. The van der Waals surface area contributed by atoms with Gasteiger partial charge in [0.2, 0.25) is 5.91 Å². The van der Waals surface area contributed by atoms with Crippen LogP contribution in [0.5, 0.6) is 0 Å². The summed E-state index contributed by atoms with van der Waals surface area (Å²) in [6.45, 7) is 1.59. The van der Waals surface area contributed by atoms with Gasteiger partial charge in [-0.05, 0) is 7.05 Å². The minimum absolute atomic E-state index is 0. The van der Waals surface area contributed by atoms with Gasteiger partial charge >= 0.3 is 0 Å². The molecule has 0 aromatic carbocycles. The smallest absolute Gasteiger partial charge is 0.242 e. The van der Waals surface area contributed by atoms with Gasteiger partial charge in [0.05, 0.1) is 6.33 Å². The van der Waals surface area contributed by atoms with E-state index in [1.165, 1.54) is 6.33 Å². The lowest BCUT2D eigenvalue weighted by molar-refractivity contribution is -0.130. The minimum atomic E-state index is -0.00765. The van der Waals surface area contributed by atoms with E-state index in [9.17, 15) is 4.79 Å². The summed E-state index contributed by atoms with van der Waals surface area (Å²) in [6.07, 6.45) is 2.92. The first-order chi connectivity index (χ1) is 9.13. The fraction of sp³-hybridized carbons (Fsp3) is 0.455. The van der Waals surface area contributed by atoms with Crippen molar-refractivity contribution in [2.24, 2.45) is 0 Å². The molecule has 10 heteroatoms. The number of likely N-dealkylation sites (N-methyl/N-ethyl adjacent to an activating group) is 2. The summed E-state index contributed by atoms with van der Waals surface area (Å²) in [4.78, 5) is 25.8. The van der Waals surface area contributed by atoms with Crippen LogP contribution in [-0.2, 0) is 11.3 Å². The summed E-state index contributed by atoms with van der Waals surface area (Å²) >= 11 is 0. The number of imidazole rings is 1. The van der Waals surface area contributed by atoms with Crippen LogP contribution in [0, 0.1) is 0 Å². The molecule has 0 radical (unpaired) electrons. The lowest BCUT2D eigenvalue weighted by atomic mass is 10.4. The van der Waals surface area contributed by atoms with Gasteiger partial charge in [0.1, 0.15) is 18.4 Å². The number of carbonyl (C=O) groups is 1. The van der Waals surface area contributed by atoms with E-state index in [0.29, 0.717) is 23.5 Å². The van der Waals surface area contributed by atoms with Crippen molar-refractivity contribution in [2.45, 2.75) is 6.54 Å². The normalized spacial score (nSPS) is 9.81. The minimum Gasteiger partial charge on any atom is -0.382 e. The molecule has 0 spiro atoms. The van der Waals surface area contributed by atoms with Crippen LogP contribution in [0.1, 0.15) is 0 Å². The van der Waals surface area contributed by atoms with E-state index in [2.05, 4.69) is 20.3 Å². The van der Waals surface area contributed by atoms with Crippen molar-refractivity contribution in [1.29, 1.82) is 0 Å². The maximum Gasteiger partial charge on any atom is 0.242 e. The van der Waals surface area contributed by atoms with Crippen molar-refractivity contribution in [1.82, 2.24) is 29.7 Å². The quantitative estimate of drug-likeness (QED) is 0.793. The molecule has 2 aromatic heterocycles. The van der Waals surface area contributed by atoms with Crippen LogP contribution in [0.3, 0.4) is 0 Å². The molecule has 118 valence electrons. The van der Waals surface area contributed by atoms with E-state index in [-0.39, 0.29) is 37.3 Å². The number of hydrogen-bond donors (Lipinski definition) is 2. The molecule has 0 fully saturated rings. The van der Waals surface area contributed by atoms with Gasteiger partial charge in [-0.3, -0.25) is 4.79 Å². The van der Waals surface area contributed by atoms with Crippen LogP contribution in [-0.4, -0.2) is 57.5 Å². The largest absolute Gasteiger partial charge is 0.382 e. The topological polar surface area (TPSA) is 102 Å². The Bertz CT molecular complexity index is 589. The van der Waals surface area contributed by atoms with Gasteiger partial charge < -0.3 is 20.5 Å². The number of amides is 1. The maximum atomic E-state index is 12.0. The first kappa shape index (κ1) is 19.4. The van der Waals surface area contributed by atoms with Crippen molar-refractivity contribution in [3.63, 3.8) is 0 Å². The van der Waals surface area contributed by atoms with E-state index >= 15 is 0 Å². The van der Waals surface area contributed by atoms with Gasteiger partial charge in [-0.2, -0.15) is 0 Å². The second-order valence-electron chi connectivity index (χ2n) is 4.22. The van der Waals surface area contributed by atoms with E-state index < -0.39 is 0 Å². The third kappa shape index (κ3) is 4.42. The van der Waals surface area contributed by atoms with Crippen molar-refractivity contribution >= 4 is 47.7 Å². The van der Waals surface area contributed by atoms with Crippen LogP contribution in [0.2, 0.25) is 0 Å². The fourth-order valence-corrected chi connectivity index (χ4v) is 1.69. The third-order valence-corrected chi connectivity index (χ3v) is 2.86. The molecule has 3 N–H and O–H groups in total. The van der Waals surface area contributed by atoms with Crippen LogP contribution < -0.4 is 11.1 Å². The highest BCUT2D eigenvalue weighted by Gasteiger charge is 2.13. The number of fused-ring (bicyclic) bond motifs is 1. The molecule has 1 amide bonds. The molecule has 8 nitrogen and oxygen atoms in total. The Labute approximate surface area is 134 Å². The van der Waals surface area contributed by atoms with Crippen LogP contribution >= 0.6 is 24.8 Å². The zero-order valence-electron chi connectivity index (χ0n) is 11.8. The molecule has 2 heterocycles. The predicted octanol–water partition coefficient (Wildman–Crippen LogP) is -0.0701. The molecule has 0 unspecified atom stereocenters. The molecule has 0 atom stereocenters. The molecule has 0 saturated heterocycles. The van der Waals surface area contributed by atoms with Crippen molar-refractivity contribution in [3.05, 3.63) is 12.7 Å². The molecule has 2 aromatic rings. The molecule has 21 heavy (non-hydrogen) atoms. The Morgan fingerprint density at radius 2 is 2.10 bits per heavy atom. The van der Waals surface area contributed by atoms with Gasteiger partial charge in [-0.15, -0.1) is 24.8 Å². The number of nitrogens with one attached hydrogen (secondary N) is 1. The molecule has 0 aliphatic carbocycles. The summed E-state index contributed by atoms with van der Waals surface area (Å²) in [6, 6.07) is 0. The van der Waals surface area contributed by atoms with E-state index in [0.717, 1.165) is 6.54 Å². The van der Waals surface area contributed by atoms with Crippen molar-refractivity contribution in [2.75, 3.05) is 32.9 Å². The zero-order valence-corrected chi connectivity index (χ0v) is 13.4. The Morgan fingerprint density at radius 3 is 2.76 bits per heavy atom. The van der Waals surface area contributed by atoms with E-state index in [1.807, 2.05) is 7.05 Å². The summed E-state index contributed by atoms with van der Waals surface area (Å²) in [5.74, 6) is 0.312. The van der Waals surface area contributed by atoms with Gasteiger partial charge in [0.25, 0.3) is 0 Å². The number of rotatable bonds is 5. The number of nitrogen functional groups attached to an aromatic ring is 1. The number of hydrogen-bond acceptors (Lipinski definition) is 6. The van der Waals surface area contributed by atoms with Crippen LogP contribution in [0.15, 0.2) is 12.7 Å². The summed E-state index contributed by atoms with van der Waals surface area (Å²) in [7, 11) is 3.61. The second kappa shape index (κ2) is 8.60. The lowest BCUT2D eigenvalue weighted by Gasteiger charge is -2.17. The average Bonchev–Trinajstić information content (AvgIpc) is 2.80. The SMILES string of the molecule is CNCCN(C)C(=O)Cn1cnc2c(N)ncnc21.Cl.Cl. The number of halogens is 2. The highest BCUT2D eigenvalue weighted by Crippen LogP contribution is 2.13. The Morgan fingerprint density at radius 1 is 1.38 bits per heavy atom. The van der Waals surface area contributed by atoms with Gasteiger partial charge in [0, 0.05) is 20.1 Å². The Kier molecular flexibility index (Phi) is 7.93. The Hall–Kier alpha value is -1.64. The third-order valence-electron chi connectivity index (χ3n) is 2.86.